The Labute approximate surface area is 185 Å². The molecular weight excluding hydrogens is 475 g/mol. The normalized spacial score (nSPS) is 11.2. The van der Waals surface area contributed by atoms with E-state index in [2.05, 4.69) is 15.6 Å². The fourth-order valence-corrected chi connectivity index (χ4v) is 2.35. The predicted octanol–water partition coefficient (Wildman–Crippen LogP) is 2.85. The Bertz CT molecular complexity index is 647. The van der Waals surface area contributed by atoms with Crippen molar-refractivity contribution in [3.8, 4) is 11.5 Å². The quantitative estimate of drug-likeness (QED) is 0.255. The van der Waals surface area contributed by atoms with Gasteiger partial charge in [0.15, 0.2) is 5.96 Å². The molecule has 1 rings (SSSR count). The van der Waals surface area contributed by atoms with E-state index in [1.807, 2.05) is 50.9 Å². The van der Waals surface area contributed by atoms with Gasteiger partial charge < -0.3 is 29.7 Å². The molecule has 0 aromatic heterocycles. The molecule has 0 saturated carbocycles. The number of carbonyl (C=O) groups excluding carboxylic acids is 1. The summed E-state index contributed by atoms with van der Waals surface area (Å²) in [6.45, 7) is 7.04. The molecule has 1 amide bonds. The van der Waals surface area contributed by atoms with Crippen molar-refractivity contribution >= 4 is 36.0 Å². The molecule has 0 aliphatic rings. The number of benzene rings is 1. The SMILES string of the molecule is CN=C(NCCNC(=O)OC(C)(C)C)N(C)Cc1ccc(OC)cc1OC.I. The van der Waals surface area contributed by atoms with Crippen molar-refractivity contribution in [2.75, 3.05) is 41.4 Å². The van der Waals surface area contributed by atoms with E-state index in [9.17, 15) is 4.79 Å². The number of guanidine groups is 1. The minimum absolute atomic E-state index is 0. The molecule has 0 atom stereocenters. The molecule has 28 heavy (non-hydrogen) atoms. The second kappa shape index (κ2) is 12.5. The summed E-state index contributed by atoms with van der Waals surface area (Å²) in [6, 6.07) is 5.71. The summed E-state index contributed by atoms with van der Waals surface area (Å²) in [6.07, 6.45) is -0.435. The molecule has 1 aromatic carbocycles. The van der Waals surface area contributed by atoms with Crippen molar-refractivity contribution in [1.29, 1.82) is 0 Å². The second-order valence-electron chi connectivity index (χ2n) is 6.94. The zero-order valence-corrected chi connectivity index (χ0v) is 20.1. The van der Waals surface area contributed by atoms with Crippen molar-refractivity contribution < 1.29 is 19.0 Å². The van der Waals surface area contributed by atoms with Gasteiger partial charge in [0, 0.05) is 45.4 Å². The van der Waals surface area contributed by atoms with Gasteiger partial charge in [0.2, 0.25) is 0 Å². The molecule has 0 bridgehead atoms. The lowest BCUT2D eigenvalue weighted by molar-refractivity contribution is 0.0529. The van der Waals surface area contributed by atoms with Crippen LogP contribution < -0.4 is 20.1 Å². The molecule has 9 heteroatoms. The summed E-state index contributed by atoms with van der Waals surface area (Å²) in [5.41, 5.74) is 0.501. The molecule has 0 spiro atoms. The average molecular weight is 508 g/mol. The van der Waals surface area contributed by atoms with Crippen LogP contribution in [0.4, 0.5) is 4.79 Å². The van der Waals surface area contributed by atoms with Crippen LogP contribution in [0.15, 0.2) is 23.2 Å². The van der Waals surface area contributed by atoms with Gasteiger partial charge >= 0.3 is 6.09 Å². The maximum Gasteiger partial charge on any atom is 0.407 e. The lowest BCUT2D eigenvalue weighted by atomic mass is 10.2. The molecule has 0 fully saturated rings. The lowest BCUT2D eigenvalue weighted by Gasteiger charge is -2.23. The van der Waals surface area contributed by atoms with E-state index < -0.39 is 11.7 Å². The number of nitrogens with one attached hydrogen (secondary N) is 2. The lowest BCUT2D eigenvalue weighted by Crippen LogP contribution is -2.43. The first kappa shape index (κ1) is 26.1. The highest BCUT2D eigenvalue weighted by Crippen LogP contribution is 2.25. The summed E-state index contributed by atoms with van der Waals surface area (Å²) >= 11 is 0. The van der Waals surface area contributed by atoms with Crippen molar-refractivity contribution in [3.63, 3.8) is 0 Å². The molecule has 1 aromatic rings. The van der Waals surface area contributed by atoms with Crippen molar-refractivity contribution in [1.82, 2.24) is 15.5 Å². The van der Waals surface area contributed by atoms with E-state index in [-0.39, 0.29) is 24.0 Å². The van der Waals surface area contributed by atoms with Crippen molar-refractivity contribution in [3.05, 3.63) is 23.8 Å². The van der Waals surface area contributed by atoms with Crippen LogP contribution >= 0.6 is 24.0 Å². The molecule has 0 heterocycles. The van der Waals surface area contributed by atoms with Crippen molar-refractivity contribution in [2.45, 2.75) is 32.9 Å². The zero-order chi connectivity index (χ0) is 20.4. The Morgan fingerprint density at radius 1 is 1.14 bits per heavy atom. The molecule has 0 saturated heterocycles. The van der Waals surface area contributed by atoms with E-state index in [0.717, 1.165) is 17.1 Å². The third-order valence-corrected chi connectivity index (χ3v) is 3.55. The monoisotopic (exact) mass is 508 g/mol. The standard InChI is InChI=1S/C19H32N4O4.HI/c1-19(2,3)27-18(24)22-11-10-21-17(20-4)23(5)13-14-8-9-15(25-6)12-16(14)26-7;/h8-9,12H,10-11,13H2,1-7H3,(H,20,21)(H,22,24);1H. The summed E-state index contributed by atoms with van der Waals surface area (Å²) in [7, 11) is 6.90. The summed E-state index contributed by atoms with van der Waals surface area (Å²) < 4.78 is 15.9. The zero-order valence-electron chi connectivity index (χ0n) is 17.8. The highest BCUT2D eigenvalue weighted by atomic mass is 127. The average Bonchev–Trinajstić information content (AvgIpc) is 2.60. The van der Waals surface area contributed by atoms with E-state index >= 15 is 0 Å². The number of halogens is 1. The van der Waals surface area contributed by atoms with Crippen LogP contribution in [0.25, 0.3) is 0 Å². The maximum absolute atomic E-state index is 11.6. The molecule has 160 valence electrons. The fourth-order valence-electron chi connectivity index (χ4n) is 2.35. The Balaban J connectivity index is 0.00000729. The number of carbonyl (C=O) groups is 1. The topological polar surface area (TPSA) is 84.4 Å². The summed E-state index contributed by atoms with van der Waals surface area (Å²) in [4.78, 5) is 17.9. The van der Waals surface area contributed by atoms with Crippen LogP contribution in [-0.2, 0) is 11.3 Å². The van der Waals surface area contributed by atoms with Crippen LogP contribution in [0.1, 0.15) is 26.3 Å². The molecule has 0 radical (unpaired) electrons. The number of ether oxygens (including phenoxy) is 3. The third kappa shape index (κ3) is 9.34. The van der Waals surface area contributed by atoms with Crippen LogP contribution in [0.3, 0.4) is 0 Å². The van der Waals surface area contributed by atoms with Gasteiger partial charge in [-0.2, -0.15) is 0 Å². The predicted molar refractivity (Wildman–Crippen MR) is 122 cm³/mol. The number of hydrogen-bond donors (Lipinski definition) is 2. The maximum atomic E-state index is 11.6. The third-order valence-electron chi connectivity index (χ3n) is 3.55. The number of alkyl carbamates (subject to hydrolysis) is 1. The molecular formula is C19H33IN4O4. The number of methoxy groups -OCH3 is 2. The van der Waals surface area contributed by atoms with Crippen LogP contribution in [0.5, 0.6) is 11.5 Å². The highest BCUT2D eigenvalue weighted by molar-refractivity contribution is 14.0. The fraction of sp³-hybridized carbons (Fsp3) is 0.579. The number of amides is 1. The van der Waals surface area contributed by atoms with Crippen molar-refractivity contribution in [2.24, 2.45) is 4.99 Å². The van der Waals surface area contributed by atoms with E-state index in [4.69, 9.17) is 14.2 Å². The first-order chi connectivity index (χ1) is 12.7. The second-order valence-corrected chi connectivity index (χ2v) is 6.94. The Hall–Kier alpha value is -1.91. The van der Waals surface area contributed by atoms with Gasteiger partial charge in [0.25, 0.3) is 0 Å². The molecule has 0 aliphatic heterocycles. The van der Waals surface area contributed by atoms with E-state index in [0.29, 0.717) is 25.6 Å². The smallest absolute Gasteiger partial charge is 0.407 e. The molecule has 2 N–H and O–H groups in total. The molecule has 0 aliphatic carbocycles. The Kier molecular flexibility index (Phi) is 11.7. The number of nitrogens with zero attached hydrogens (tertiary/aromatic N) is 2. The van der Waals surface area contributed by atoms with E-state index in [1.165, 1.54) is 0 Å². The minimum atomic E-state index is -0.509. The van der Waals surface area contributed by atoms with Gasteiger partial charge in [-0.1, -0.05) is 0 Å². The van der Waals surface area contributed by atoms with Gasteiger partial charge in [-0.3, -0.25) is 4.99 Å². The van der Waals surface area contributed by atoms with Gasteiger partial charge in [0.1, 0.15) is 17.1 Å². The number of aliphatic imine (C=N–C) groups is 1. The first-order valence-corrected chi connectivity index (χ1v) is 8.79. The number of rotatable bonds is 7. The summed E-state index contributed by atoms with van der Waals surface area (Å²) in [5, 5.41) is 5.91. The van der Waals surface area contributed by atoms with Gasteiger partial charge in [0.05, 0.1) is 14.2 Å². The molecule has 8 nitrogen and oxygen atoms in total. The Morgan fingerprint density at radius 2 is 1.79 bits per heavy atom. The van der Waals surface area contributed by atoms with Gasteiger partial charge in [-0.15, -0.1) is 24.0 Å². The van der Waals surface area contributed by atoms with E-state index in [1.54, 1.807) is 21.3 Å². The van der Waals surface area contributed by atoms with Gasteiger partial charge in [-0.25, -0.2) is 4.79 Å². The molecule has 0 unspecified atom stereocenters. The number of hydrogen-bond acceptors (Lipinski definition) is 5. The van der Waals surface area contributed by atoms with Crippen LogP contribution in [0, 0.1) is 0 Å². The Morgan fingerprint density at radius 3 is 2.32 bits per heavy atom. The van der Waals surface area contributed by atoms with Crippen LogP contribution in [-0.4, -0.2) is 64.0 Å². The summed E-state index contributed by atoms with van der Waals surface area (Å²) in [5.74, 6) is 2.20. The van der Waals surface area contributed by atoms with Crippen LogP contribution in [0.2, 0.25) is 0 Å². The minimum Gasteiger partial charge on any atom is -0.497 e. The highest BCUT2D eigenvalue weighted by Gasteiger charge is 2.16. The van der Waals surface area contributed by atoms with Gasteiger partial charge in [-0.05, 0) is 32.9 Å². The largest absolute Gasteiger partial charge is 0.497 e. The first-order valence-electron chi connectivity index (χ1n) is 8.79.